The summed E-state index contributed by atoms with van der Waals surface area (Å²) in [5.41, 5.74) is -8.33. The lowest BCUT2D eigenvalue weighted by Crippen LogP contribution is -2.81. The van der Waals surface area contributed by atoms with E-state index in [1.54, 1.807) is 83.1 Å². The van der Waals surface area contributed by atoms with Crippen LogP contribution in [0, 0.1) is 16.7 Å². The van der Waals surface area contributed by atoms with Crippen molar-refractivity contribution < 1.29 is 72.5 Å². The van der Waals surface area contributed by atoms with Gasteiger partial charge in [-0.15, -0.1) is 0 Å². The minimum Gasteiger partial charge on any atom is -0.455 e. The third kappa shape index (κ3) is 9.44. The van der Waals surface area contributed by atoms with Crippen LogP contribution in [0.15, 0.2) is 71.8 Å². The SMILES string of the molecule is CC(=O)O[C@@]12CO[C@@H]1C[C@H](O)[C@@]1(C)C(=O)[C@H](O)C3=C(C)[C@@H](OC(=O)[C@H](OC(=O)CCN4CCCCC4)[C@@H](NC(=O)OC(C)(C)C)c4ccccc4)C[C@@](O)([C@@H](OC(=O)c4ccccc4)[C@H]21)C3(C)C. The number of amides is 1. The van der Waals surface area contributed by atoms with E-state index >= 15 is 9.59 Å². The second-order valence-corrected chi connectivity index (χ2v) is 20.7. The van der Waals surface area contributed by atoms with Crippen LogP contribution in [0.2, 0.25) is 0 Å². The lowest BCUT2D eigenvalue weighted by atomic mass is 9.44. The van der Waals surface area contributed by atoms with Crippen LogP contribution >= 0.6 is 0 Å². The number of ether oxygens (including phenoxy) is 6. The van der Waals surface area contributed by atoms with Gasteiger partial charge in [0, 0.05) is 31.7 Å². The normalized spacial score (nSPS) is 32.0. The number of carbonyl (C=O) groups is 6. The van der Waals surface area contributed by atoms with Gasteiger partial charge in [-0.25, -0.2) is 14.4 Å². The number of esters is 4. The fraction of sp³-hybridized carbons (Fsp3) is 0.608. The Kier molecular flexibility index (Phi) is 14.4. The van der Waals surface area contributed by atoms with Gasteiger partial charge in [-0.2, -0.15) is 0 Å². The number of piperidine rings is 1. The van der Waals surface area contributed by atoms with Crippen LogP contribution in [0.4, 0.5) is 4.79 Å². The molecule has 2 heterocycles. The summed E-state index contributed by atoms with van der Waals surface area (Å²) in [5, 5.41) is 40.9. The van der Waals surface area contributed by atoms with Gasteiger partial charge in [0.1, 0.15) is 41.7 Å². The summed E-state index contributed by atoms with van der Waals surface area (Å²) in [7, 11) is 0. The minimum absolute atomic E-state index is 0.0724. The Hall–Kier alpha value is -5.20. The molecule has 0 aromatic heterocycles. The number of Topliss-reactive ketones (excluding diaryl/α,β-unsaturated/α-hetero) is 1. The summed E-state index contributed by atoms with van der Waals surface area (Å²) in [6.45, 7) is 13.8. The average molecular weight is 947 g/mol. The van der Waals surface area contributed by atoms with Gasteiger partial charge in [0.05, 0.1) is 36.0 Å². The molecule has 2 saturated heterocycles. The zero-order chi connectivity index (χ0) is 49.6. The Labute approximate surface area is 396 Å². The number of hydrogen-bond donors (Lipinski definition) is 4. The molecule has 2 aliphatic heterocycles. The highest BCUT2D eigenvalue weighted by Gasteiger charge is 2.78. The van der Waals surface area contributed by atoms with Gasteiger partial charge in [-0.05, 0) is 89.4 Å². The Morgan fingerprint density at radius 3 is 2.15 bits per heavy atom. The van der Waals surface area contributed by atoms with Crippen molar-refractivity contribution in [1.82, 2.24) is 10.2 Å². The quantitative estimate of drug-likeness (QED) is 0.128. The van der Waals surface area contributed by atoms with E-state index in [1.807, 2.05) is 0 Å². The molecule has 0 unspecified atom stereocenters. The largest absolute Gasteiger partial charge is 0.455 e. The van der Waals surface area contributed by atoms with Crippen LogP contribution in [0.3, 0.4) is 0 Å². The number of carbonyl (C=O) groups excluding carboxylic acids is 6. The molecule has 4 N–H and O–H groups in total. The molecule has 68 heavy (non-hydrogen) atoms. The molecule has 2 bridgehead atoms. The molecule has 5 aliphatic rings. The number of hydrogen-bond acceptors (Lipinski definition) is 16. The van der Waals surface area contributed by atoms with E-state index in [1.165, 1.54) is 26.0 Å². The predicted molar refractivity (Wildman–Crippen MR) is 242 cm³/mol. The fourth-order valence-corrected chi connectivity index (χ4v) is 11.3. The third-order valence-corrected chi connectivity index (χ3v) is 14.9. The van der Waals surface area contributed by atoms with Gasteiger partial charge in [0.15, 0.2) is 11.4 Å². The monoisotopic (exact) mass is 946 g/mol. The van der Waals surface area contributed by atoms with E-state index in [9.17, 15) is 34.5 Å². The molecular weight excluding hydrogens is 881 g/mol. The minimum atomic E-state index is -2.40. The van der Waals surface area contributed by atoms with Gasteiger partial charge in [-0.3, -0.25) is 14.4 Å². The average Bonchev–Trinajstić information content (AvgIpc) is 3.28. The molecule has 2 aromatic rings. The van der Waals surface area contributed by atoms with Crippen molar-refractivity contribution >= 4 is 35.8 Å². The standard InChI is InChI=1S/C51H66N2O15/c1-29-33(64-45(60)40(65-36(56)22-25-53-23-16-11-17-24-53)38(31-18-12-9-13-19-31)52-46(61)68-47(3,4)5)27-51(62)43(66-44(59)32-20-14-10-15-21-32)41-49(8,42(58)39(57)37(29)48(51,6)7)34(55)26-35-50(41,28-63-35)67-30(2)54/h9-10,12-15,18-21,33-35,38-41,43,55,57,62H,11,16-17,22-28H2,1-8H3,(H,52,61)/t33-,34-,35+,38-,39+,40+,41-,43-,49+,50-,51+/m0/s1. The topological polar surface area (TPSA) is 234 Å². The molecule has 11 atom stereocenters. The number of aliphatic hydroxyl groups is 3. The number of fused-ring (bicyclic) bond motifs is 5. The number of nitrogens with zero attached hydrogens (tertiary/aromatic N) is 1. The third-order valence-electron chi connectivity index (χ3n) is 14.9. The number of alkyl carbamates (subject to hydrolysis) is 1. The van der Waals surface area contributed by atoms with Crippen molar-refractivity contribution in [3.05, 3.63) is 82.9 Å². The lowest BCUT2D eigenvalue weighted by Gasteiger charge is -2.67. The molecule has 2 saturated carbocycles. The maximum absolute atomic E-state index is 15.2. The van der Waals surface area contributed by atoms with E-state index in [0.29, 0.717) is 12.1 Å². The number of rotatable bonds is 12. The molecule has 2 aromatic carbocycles. The van der Waals surface area contributed by atoms with Gasteiger partial charge in [-0.1, -0.05) is 68.8 Å². The summed E-state index contributed by atoms with van der Waals surface area (Å²) in [6.07, 6.45) is -8.55. The van der Waals surface area contributed by atoms with Crippen molar-refractivity contribution in [2.45, 2.75) is 153 Å². The first-order valence-corrected chi connectivity index (χ1v) is 23.5. The van der Waals surface area contributed by atoms with Crippen LogP contribution in [0.5, 0.6) is 0 Å². The Morgan fingerprint density at radius 2 is 1.56 bits per heavy atom. The van der Waals surface area contributed by atoms with Crippen molar-refractivity contribution in [3.8, 4) is 0 Å². The van der Waals surface area contributed by atoms with Crippen molar-refractivity contribution in [2.75, 3.05) is 26.2 Å². The van der Waals surface area contributed by atoms with Gasteiger partial charge in [0.2, 0.25) is 6.10 Å². The Morgan fingerprint density at radius 1 is 0.926 bits per heavy atom. The maximum atomic E-state index is 15.2. The Balaban J connectivity index is 1.35. The van der Waals surface area contributed by atoms with E-state index in [2.05, 4.69) is 10.2 Å². The molecule has 17 nitrogen and oxygen atoms in total. The van der Waals surface area contributed by atoms with Crippen LogP contribution < -0.4 is 5.32 Å². The molecule has 17 heteroatoms. The molecule has 4 fully saturated rings. The highest BCUT2D eigenvalue weighted by atomic mass is 16.6. The van der Waals surface area contributed by atoms with E-state index in [-0.39, 0.29) is 36.2 Å². The summed E-state index contributed by atoms with van der Waals surface area (Å²) in [5.74, 6) is -6.10. The van der Waals surface area contributed by atoms with Crippen LogP contribution in [0.1, 0.15) is 116 Å². The van der Waals surface area contributed by atoms with Crippen LogP contribution in [0.25, 0.3) is 0 Å². The zero-order valence-electron chi connectivity index (χ0n) is 40.2. The Bertz CT molecular complexity index is 2270. The number of benzene rings is 2. The van der Waals surface area contributed by atoms with E-state index in [0.717, 1.165) is 39.3 Å². The number of nitrogens with one attached hydrogen (secondary N) is 1. The van der Waals surface area contributed by atoms with Crippen LogP contribution in [-0.4, -0.2) is 136 Å². The predicted octanol–water partition coefficient (Wildman–Crippen LogP) is 4.69. The highest BCUT2D eigenvalue weighted by molar-refractivity contribution is 5.94. The first-order chi connectivity index (χ1) is 31.9. The van der Waals surface area contributed by atoms with E-state index < -0.39 is 118 Å². The van der Waals surface area contributed by atoms with Gasteiger partial charge >= 0.3 is 30.0 Å². The second kappa shape index (κ2) is 19.3. The van der Waals surface area contributed by atoms with Crippen molar-refractivity contribution in [1.29, 1.82) is 0 Å². The smallest absolute Gasteiger partial charge is 0.408 e. The highest BCUT2D eigenvalue weighted by Crippen LogP contribution is 2.64. The molecule has 0 radical (unpaired) electrons. The summed E-state index contributed by atoms with van der Waals surface area (Å²) < 4.78 is 36.3. The molecule has 3 aliphatic carbocycles. The lowest BCUT2D eigenvalue weighted by molar-refractivity contribution is -0.346. The molecule has 0 spiro atoms. The number of aliphatic hydroxyl groups excluding tert-OH is 2. The van der Waals surface area contributed by atoms with Gasteiger partial charge in [0.25, 0.3) is 0 Å². The number of likely N-dealkylation sites (tertiary alicyclic amines) is 1. The maximum Gasteiger partial charge on any atom is 0.408 e. The molecular formula is C51H66N2O15. The summed E-state index contributed by atoms with van der Waals surface area (Å²) >= 11 is 0. The van der Waals surface area contributed by atoms with Crippen LogP contribution in [-0.2, 0) is 47.6 Å². The zero-order valence-corrected chi connectivity index (χ0v) is 40.2. The van der Waals surface area contributed by atoms with E-state index in [4.69, 9.17) is 28.4 Å². The van der Waals surface area contributed by atoms with Gasteiger partial charge < -0.3 is 54.0 Å². The van der Waals surface area contributed by atoms with Crippen molar-refractivity contribution in [3.63, 3.8) is 0 Å². The van der Waals surface area contributed by atoms with Crippen molar-refractivity contribution in [2.24, 2.45) is 16.7 Å². The first-order valence-electron chi connectivity index (χ1n) is 23.5. The summed E-state index contributed by atoms with van der Waals surface area (Å²) in [4.78, 5) is 87.2. The number of ketones is 1. The molecule has 1 amide bonds. The molecule has 7 rings (SSSR count). The molecule has 370 valence electrons. The summed E-state index contributed by atoms with van der Waals surface area (Å²) in [6, 6.07) is 14.8. The first kappa shape index (κ1) is 50.7. The second-order valence-electron chi connectivity index (χ2n) is 20.7. The fourth-order valence-electron chi connectivity index (χ4n) is 11.3.